The molecule has 1 unspecified atom stereocenters. The van der Waals surface area contributed by atoms with Crippen LogP contribution in [-0.2, 0) is 11.2 Å². The van der Waals surface area contributed by atoms with Crippen LogP contribution in [0.4, 0.5) is 0 Å². The Morgan fingerprint density at radius 2 is 2.16 bits per heavy atom. The number of nitrogens with zero attached hydrogens (tertiary/aromatic N) is 1. The quantitative estimate of drug-likeness (QED) is 0.858. The summed E-state index contributed by atoms with van der Waals surface area (Å²) in [5.41, 5.74) is 2.66. The van der Waals surface area contributed by atoms with Gasteiger partial charge in [-0.3, -0.25) is 4.90 Å². The molecule has 1 fully saturated rings. The van der Waals surface area contributed by atoms with Gasteiger partial charge in [0, 0.05) is 32.2 Å². The number of phenols is 1. The van der Waals surface area contributed by atoms with Gasteiger partial charge in [0.25, 0.3) is 0 Å². The number of benzene rings is 1. The number of nitrogens with one attached hydrogen (secondary N) is 1. The van der Waals surface area contributed by atoms with Gasteiger partial charge in [0.2, 0.25) is 0 Å². The van der Waals surface area contributed by atoms with Gasteiger partial charge in [0.15, 0.2) is 0 Å². The van der Waals surface area contributed by atoms with Crippen molar-refractivity contribution in [2.45, 2.75) is 18.9 Å². The molecule has 0 radical (unpaired) electrons. The number of hydrogen-bond donors (Lipinski definition) is 2. The van der Waals surface area contributed by atoms with Crippen LogP contribution in [0.25, 0.3) is 0 Å². The molecule has 104 valence electrons. The van der Waals surface area contributed by atoms with Crippen molar-refractivity contribution >= 4 is 0 Å². The van der Waals surface area contributed by atoms with E-state index in [1.807, 2.05) is 6.07 Å². The molecule has 1 aromatic carbocycles. The third-order valence-corrected chi connectivity index (χ3v) is 4.13. The molecule has 19 heavy (non-hydrogen) atoms. The number of aromatic hydroxyl groups is 1. The Morgan fingerprint density at radius 3 is 3.00 bits per heavy atom. The van der Waals surface area contributed by atoms with E-state index < -0.39 is 0 Å². The third kappa shape index (κ3) is 3.08. The van der Waals surface area contributed by atoms with E-state index in [-0.39, 0.29) is 0 Å². The Morgan fingerprint density at radius 1 is 1.32 bits per heavy atom. The van der Waals surface area contributed by atoms with Gasteiger partial charge in [-0.2, -0.15) is 0 Å². The fourth-order valence-corrected chi connectivity index (χ4v) is 3.04. The van der Waals surface area contributed by atoms with E-state index >= 15 is 0 Å². The van der Waals surface area contributed by atoms with Gasteiger partial charge < -0.3 is 15.2 Å². The summed E-state index contributed by atoms with van der Waals surface area (Å²) in [7, 11) is 0. The Hall–Kier alpha value is -1.10. The summed E-state index contributed by atoms with van der Waals surface area (Å²) >= 11 is 0. The van der Waals surface area contributed by atoms with Crippen LogP contribution in [-0.4, -0.2) is 49.4 Å². The van der Waals surface area contributed by atoms with E-state index in [2.05, 4.69) is 16.3 Å². The molecule has 1 heterocycles. The zero-order valence-electron chi connectivity index (χ0n) is 11.3. The van der Waals surface area contributed by atoms with Crippen molar-refractivity contribution in [3.8, 4) is 5.75 Å². The molecule has 0 aromatic heterocycles. The molecule has 2 N–H and O–H groups in total. The van der Waals surface area contributed by atoms with Crippen LogP contribution in [0.5, 0.6) is 5.75 Å². The first kappa shape index (κ1) is 12.9. The Balaban J connectivity index is 1.49. The molecule has 1 atom stereocenters. The van der Waals surface area contributed by atoms with E-state index in [1.165, 1.54) is 11.1 Å². The molecule has 3 rings (SSSR count). The lowest BCUT2D eigenvalue weighted by atomic mass is 10.1. The molecule has 1 aliphatic carbocycles. The lowest BCUT2D eigenvalue weighted by Crippen LogP contribution is -2.40. The van der Waals surface area contributed by atoms with Crippen LogP contribution in [0.15, 0.2) is 18.2 Å². The van der Waals surface area contributed by atoms with Crippen LogP contribution in [0, 0.1) is 0 Å². The van der Waals surface area contributed by atoms with E-state index in [0.29, 0.717) is 11.8 Å². The molecular formula is C15H22N2O2. The number of ether oxygens (including phenoxy) is 1. The highest BCUT2D eigenvalue weighted by Crippen LogP contribution is 2.32. The molecule has 0 saturated carbocycles. The molecule has 0 amide bonds. The number of hydrogen-bond acceptors (Lipinski definition) is 4. The molecule has 0 bridgehead atoms. The summed E-state index contributed by atoms with van der Waals surface area (Å²) in [4.78, 5) is 2.45. The molecule has 4 nitrogen and oxygen atoms in total. The van der Waals surface area contributed by atoms with Gasteiger partial charge in [-0.15, -0.1) is 0 Å². The summed E-state index contributed by atoms with van der Waals surface area (Å²) in [6.07, 6.45) is 2.21. The first-order valence-electron chi connectivity index (χ1n) is 7.18. The van der Waals surface area contributed by atoms with Crippen molar-refractivity contribution < 1.29 is 9.84 Å². The highest BCUT2D eigenvalue weighted by Gasteiger charge is 2.22. The van der Waals surface area contributed by atoms with Crippen LogP contribution in [0.2, 0.25) is 0 Å². The number of phenolic OH excluding ortho intramolecular Hbond substituents is 1. The van der Waals surface area contributed by atoms with Gasteiger partial charge in [-0.05, 0) is 36.1 Å². The number of fused-ring (bicyclic) bond motifs is 1. The topological polar surface area (TPSA) is 44.7 Å². The third-order valence-electron chi connectivity index (χ3n) is 4.13. The SMILES string of the molecule is Oc1ccc2c(c1)CCC2NCCN1CCOCC1. The summed E-state index contributed by atoms with van der Waals surface area (Å²) in [5, 5.41) is 13.1. The number of morpholine rings is 1. The standard InChI is InChI=1S/C15H22N2O2/c18-13-2-3-14-12(11-13)1-4-15(14)16-5-6-17-7-9-19-10-8-17/h2-3,11,15-16,18H,1,4-10H2. The predicted octanol–water partition coefficient (Wildman–Crippen LogP) is 1.30. The largest absolute Gasteiger partial charge is 0.508 e. The van der Waals surface area contributed by atoms with Crippen molar-refractivity contribution in [1.29, 1.82) is 0 Å². The summed E-state index contributed by atoms with van der Waals surface area (Å²) in [5.74, 6) is 0.382. The zero-order valence-corrected chi connectivity index (χ0v) is 11.3. The fourth-order valence-electron chi connectivity index (χ4n) is 3.04. The summed E-state index contributed by atoms with van der Waals surface area (Å²) < 4.78 is 5.35. The second-order valence-electron chi connectivity index (χ2n) is 5.38. The molecule has 2 aliphatic rings. The lowest BCUT2D eigenvalue weighted by Gasteiger charge is -2.27. The van der Waals surface area contributed by atoms with Crippen molar-refractivity contribution in [2.75, 3.05) is 39.4 Å². The summed E-state index contributed by atoms with van der Waals surface area (Å²) in [6.45, 7) is 5.95. The maximum atomic E-state index is 9.49. The number of rotatable bonds is 4. The number of aryl methyl sites for hydroxylation is 1. The van der Waals surface area contributed by atoms with Crippen LogP contribution < -0.4 is 5.32 Å². The van der Waals surface area contributed by atoms with Crippen LogP contribution in [0.3, 0.4) is 0 Å². The Kier molecular flexibility index (Phi) is 4.01. The molecule has 0 spiro atoms. The fraction of sp³-hybridized carbons (Fsp3) is 0.600. The lowest BCUT2D eigenvalue weighted by molar-refractivity contribution is 0.0381. The maximum Gasteiger partial charge on any atom is 0.115 e. The zero-order chi connectivity index (χ0) is 13.1. The minimum absolute atomic E-state index is 0.382. The van der Waals surface area contributed by atoms with Gasteiger partial charge in [-0.1, -0.05) is 6.07 Å². The van der Waals surface area contributed by atoms with Crippen molar-refractivity contribution in [3.63, 3.8) is 0 Å². The van der Waals surface area contributed by atoms with Gasteiger partial charge >= 0.3 is 0 Å². The smallest absolute Gasteiger partial charge is 0.115 e. The monoisotopic (exact) mass is 262 g/mol. The van der Waals surface area contributed by atoms with Crippen molar-refractivity contribution in [2.24, 2.45) is 0 Å². The molecule has 1 aromatic rings. The maximum absolute atomic E-state index is 9.49. The van der Waals surface area contributed by atoms with Crippen molar-refractivity contribution in [1.82, 2.24) is 10.2 Å². The average Bonchev–Trinajstić information content (AvgIpc) is 2.82. The normalized spacial score (nSPS) is 23.5. The van der Waals surface area contributed by atoms with E-state index in [0.717, 1.165) is 52.2 Å². The highest BCUT2D eigenvalue weighted by atomic mass is 16.5. The minimum Gasteiger partial charge on any atom is -0.508 e. The molecular weight excluding hydrogens is 240 g/mol. The van der Waals surface area contributed by atoms with Gasteiger partial charge in [0.1, 0.15) is 5.75 Å². The van der Waals surface area contributed by atoms with E-state index in [4.69, 9.17) is 4.74 Å². The molecule has 4 heteroatoms. The second kappa shape index (κ2) is 5.90. The first-order chi connectivity index (χ1) is 9.33. The first-order valence-corrected chi connectivity index (χ1v) is 7.18. The Bertz CT molecular complexity index is 430. The van der Waals surface area contributed by atoms with E-state index in [1.54, 1.807) is 6.07 Å². The summed E-state index contributed by atoms with van der Waals surface area (Å²) in [6, 6.07) is 6.21. The second-order valence-corrected chi connectivity index (χ2v) is 5.38. The van der Waals surface area contributed by atoms with Crippen LogP contribution >= 0.6 is 0 Å². The Labute approximate surface area is 114 Å². The van der Waals surface area contributed by atoms with Gasteiger partial charge in [0.05, 0.1) is 13.2 Å². The predicted molar refractivity (Wildman–Crippen MR) is 74.4 cm³/mol. The van der Waals surface area contributed by atoms with Crippen LogP contribution in [0.1, 0.15) is 23.6 Å². The highest BCUT2D eigenvalue weighted by molar-refractivity contribution is 5.39. The minimum atomic E-state index is 0.382. The van der Waals surface area contributed by atoms with E-state index in [9.17, 15) is 5.11 Å². The van der Waals surface area contributed by atoms with Gasteiger partial charge in [-0.25, -0.2) is 0 Å². The molecule has 1 aliphatic heterocycles. The molecule has 1 saturated heterocycles. The van der Waals surface area contributed by atoms with Crippen molar-refractivity contribution in [3.05, 3.63) is 29.3 Å². The average molecular weight is 262 g/mol.